The summed E-state index contributed by atoms with van der Waals surface area (Å²) in [6.07, 6.45) is 2.07. The summed E-state index contributed by atoms with van der Waals surface area (Å²) in [4.78, 5) is 21.9. The lowest BCUT2D eigenvalue weighted by molar-refractivity contribution is 0.0320. The lowest BCUT2D eigenvalue weighted by Gasteiger charge is -2.29. The third kappa shape index (κ3) is 6.31. The van der Waals surface area contributed by atoms with Crippen LogP contribution in [0.4, 0.5) is 5.69 Å². The summed E-state index contributed by atoms with van der Waals surface area (Å²) in [5.74, 6) is 6.32. The first kappa shape index (κ1) is 24.5. The summed E-state index contributed by atoms with van der Waals surface area (Å²) in [7, 11) is 0. The number of ether oxygens (including phenoxy) is 3. The molecule has 3 fully saturated rings. The fourth-order valence-corrected chi connectivity index (χ4v) is 4.39. The van der Waals surface area contributed by atoms with E-state index in [4.69, 9.17) is 25.0 Å². The smallest absolute Gasteiger partial charge is 0.251 e. The molecule has 3 N–H and O–H groups in total. The van der Waals surface area contributed by atoms with Gasteiger partial charge in [-0.1, -0.05) is 12.1 Å². The van der Waals surface area contributed by atoms with E-state index in [9.17, 15) is 4.79 Å². The third-order valence-electron chi connectivity index (χ3n) is 6.61. The van der Waals surface area contributed by atoms with Crippen LogP contribution in [0, 0.1) is 0 Å². The van der Waals surface area contributed by atoms with Crippen LogP contribution in [-0.2, 0) is 9.47 Å². The first-order valence-electron chi connectivity index (χ1n) is 12.7. The van der Waals surface area contributed by atoms with E-state index in [0.717, 1.165) is 70.0 Å². The summed E-state index contributed by atoms with van der Waals surface area (Å²) >= 11 is 0. The number of benzene rings is 1. The SMILES string of the molecule is N/N=C(\c1cccc(C(=O)NC2CC2)c1)c1cc(N2CCOCC2)cc(OCCN2CCOCC2)n1. The molecule has 1 amide bonds. The highest BCUT2D eigenvalue weighted by atomic mass is 16.5. The number of rotatable bonds is 9. The lowest BCUT2D eigenvalue weighted by Crippen LogP contribution is -2.38. The predicted molar refractivity (Wildman–Crippen MR) is 137 cm³/mol. The third-order valence-corrected chi connectivity index (χ3v) is 6.61. The van der Waals surface area contributed by atoms with Gasteiger partial charge in [0.1, 0.15) is 12.3 Å². The average Bonchev–Trinajstić information content (AvgIpc) is 3.74. The molecule has 1 aromatic carbocycles. The number of hydrazone groups is 1. The number of nitrogens with two attached hydrogens (primary N) is 1. The molecule has 2 saturated heterocycles. The maximum Gasteiger partial charge on any atom is 0.251 e. The normalized spacial score (nSPS) is 19.2. The van der Waals surface area contributed by atoms with E-state index < -0.39 is 0 Å². The van der Waals surface area contributed by atoms with Gasteiger partial charge in [-0.05, 0) is 31.0 Å². The van der Waals surface area contributed by atoms with E-state index in [1.165, 1.54) is 0 Å². The Kier molecular flexibility index (Phi) is 7.95. The quantitative estimate of drug-likeness (QED) is 0.304. The highest BCUT2D eigenvalue weighted by molar-refractivity contribution is 6.13. The molecule has 0 unspecified atom stereocenters. The van der Waals surface area contributed by atoms with Crippen LogP contribution >= 0.6 is 0 Å². The zero-order valence-electron chi connectivity index (χ0n) is 20.5. The van der Waals surface area contributed by atoms with Crippen molar-refractivity contribution >= 4 is 17.3 Å². The first-order valence-corrected chi connectivity index (χ1v) is 12.7. The van der Waals surface area contributed by atoms with E-state index >= 15 is 0 Å². The van der Waals surface area contributed by atoms with Gasteiger partial charge >= 0.3 is 0 Å². The Bertz CT molecular complexity index is 1080. The zero-order chi connectivity index (χ0) is 24.7. The van der Waals surface area contributed by atoms with Crippen molar-refractivity contribution in [1.82, 2.24) is 15.2 Å². The molecule has 36 heavy (non-hydrogen) atoms. The second-order valence-electron chi connectivity index (χ2n) is 9.26. The van der Waals surface area contributed by atoms with Crippen LogP contribution in [0.15, 0.2) is 41.5 Å². The minimum atomic E-state index is -0.0853. The topological polar surface area (TPSA) is 115 Å². The summed E-state index contributed by atoms with van der Waals surface area (Å²) in [6.45, 7) is 7.54. The number of carbonyl (C=O) groups excluding carboxylic acids is 1. The summed E-state index contributed by atoms with van der Waals surface area (Å²) in [6, 6.07) is 11.6. The second-order valence-corrected chi connectivity index (χ2v) is 9.26. The minimum Gasteiger partial charge on any atom is -0.476 e. The molecule has 5 rings (SSSR count). The highest BCUT2D eigenvalue weighted by Crippen LogP contribution is 2.25. The van der Waals surface area contributed by atoms with Crippen molar-refractivity contribution in [1.29, 1.82) is 0 Å². The van der Waals surface area contributed by atoms with Crippen LogP contribution in [0.5, 0.6) is 5.88 Å². The Morgan fingerprint density at radius 1 is 1.06 bits per heavy atom. The number of pyridine rings is 1. The molecule has 1 saturated carbocycles. The number of nitrogens with one attached hydrogen (secondary N) is 1. The molecule has 0 spiro atoms. The number of amides is 1. The Morgan fingerprint density at radius 3 is 2.50 bits per heavy atom. The van der Waals surface area contributed by atoms with Crippen LogP contribution in [0.2, 0.25) is 0 Å². The fourth-order valence-electron chi connectivity index (χ4n) is 4.39. The van der Waals surface area contributed by atoms with E-state index in [1.807, 2.05) is 30.3 Å². The molecule has 0 radical (unpaired) electrons. The number of morpholine rings is 2. The standard InChI is InChI=1S/C26H34N6O4/c27-30-25(19-2-1-3-20(16-19)26(33)28-21-4-5-21)23-17-22(32-9-13-35-14-10-32)18-24(29-23)36-15-8-31-6-11-34-12-7-31/h1-3,16-18,21H,4-15,27H2,(H,28,33)/b30-25+. The highest BCUT2D eigenvalue weighted by Gasteiger charge is 2.24. The van der Waals surface area contributed by atoms with Gasteiger partial charge in [0.2, 0.25) is 5.88 Å². The minimum absolute atomic E-state index is 0.0853. The van der Waals surface area contributed by atoms with Crippen LogP contribution in [0.25, 0.3) is 0 Å². The predicted octanol–water partition coefficient (Wildman–Crippen LogP) is 1.23. The van der Waals surface area contributed by atoms with Crippen LogP contribution in [0.1, 0.15) is 34.5 Å². The monoisotopic (exact) mass is 494 g/mol. The molecule has 3 heterocycles. The lowest BCUT2D eigenvalue weighted by atomic mass is 10.0. The molecule has 10 nitrogen and oxygen atoms in total. The molecule has 2 aromatic rings. The van der Waals surface area contributed by atoms with Crippen molar-refractivity contribution in [3.8, 4) is 5.88 Å². The van der Waals surface area contributed by atoms with Crippen molar-refractivity contribution < 1.29 is 19.0 Å². The molecule has 1 aromatic heterocycles. The number of nitrogens with zero attached hydrogens (tertiary/aromatic N) is 4. The number of carbonyl (C=O) groups is 1. The summed E-state index contributed by atoms with van der Waals surface area (Å²) in [5, 5.41) is 7.11. The van der Waals surface area contributed by atoms with Crippen molar-refractivity contribution in [2.24, 2.45) is 10.9 Å². The number of hydrogen-bond donors (Lipinski definition) is 2. The number of anilines is 1. The largest absolute Gasteiger partial charge is 0.476 e. The average molecular weight is 495 g/mol. The molecule has 1 aliphatic carbocycles. The second kappa shape index (κ2) is 11.7. The van der Waals surface area contributed by atoms with Gasteiger partial charge in [0.05, 0.1) is 32.1 Å². The molecular weight excluding hydrogens is 460 g/mol. The van der Waals surface area contributed by atoms with Gasteiger partial charge in [-0.3, -0.25) is 9.69 Å². The summed E-state index contributed by atoms with van der Waals surface area (Å²) in [5.41, 5.74) is 3.39. The van der Waals surface area contributed by atoms with Crippen LogP contribution in [0.3, 0.4) is 0 Å². The zero-order valence-corrected chi connectivity index (χ0v) is 20.5. The van der Waals surface area contributed by atoms with Crippen LogP contribution in [-0.4, -0.2) is 93.3 Å². The van der Waals surface area contributed by atoms with E-state index in [0.29, 0.717) is 42.7 Å². The molecule has 0 atom stereocenters. The number of aromatic nitrogens is 1. The molecule has 10 heteroatoms. The molecular formula is C26H34N6O4. The Balaban J connectivity index is 1.38. The van der Waals surface area contributed by atoms with Gasteiger partial charge < -0.3 is 30.3 Å². The van der Waals surface area contributed by atoms with Gasteiger partial charge in [-0.2, -0.15) is 5.10 Å². The van der Waals surface area contributed by atoms with Crippen molar-refractivity contribution in [3.05, 3.63) is 53.2 Å². The van der Waals surface area contributed by atoms with E-state index in [1.54, 1.807) is 6.07 Å². The van der Waals surface area contributed by atoms with Crippen LogP contribution < -0.4 is 20.8 Å². The maximum atomic E-state index is 12.6. The van der Waals surface area contributed by atoms with Crippen molar-refractivity contribution in [2.45, 2.75) is 18.9 Å². The maximum absolute atomic E-state index is 12.6. The molecule has 3 aliphatic rings. The van der Waals surface area contributed by atoms with E-state index in [-0.39, 0.29) is 11.9 Å². The van der Waals surface area contributed by atoms with Gasteiger partial charge in [-0.25, -0.2) is 4.98 Å². The number of hydrogen-bond acceptors (Lipinski definition) is 9. The van der Waals surface area contributed by atoms with Gasteiger partial charge in [0.15, 0.2) is 0 Å². The van der Waals surface area contributed by atoms with Gasteiger partial charge in [-0.15, -0.1) is 0 Å². The first-order chi connectivity index (χ1) is 17.7. The van der Waals surface area contributed by atoms with Gasteiger partial charge in [0, 0.05) is 61.6 Å². The van der Waals surface area contributed by atoms with Gasteiger partial charge in [0.25, 0.3) is 5.91 Å². The van der Waals surface area contributed by atoms with Crippen molar-refractivity contribution in [2.75, 3.05) is 70.7 Å². The van der Waals surface area contributed by atoms with E-state index in [2.05, 4.69) is 20.2 Å². The molecule has 0 bridgehead atoms. The molecule has 192 valence electrons. The Hall–Kier alpha value is -3.21. The van der Waals surface area contributed by atoms with Crippen molar-refractivity contribution in [3.63, 3.8) is 0 Å². The molecule has 2 aliphatic heterocycles. The fraction of sp³-hybridized carbons (Fsp3) is 0.500. The Morgan fingerprint density at radius 2 is 1.78 bits per heavy atom. The summed E-state index contributed by atoms with van der Waals surface area (Å²) < 4.78 is 17.1. The Labute approximate surface area is 211 Å².